The quantitative estimate of drug-likeness (QED) is 0.768. The Kier molecular flexibility index (Phi) is 5.15. The molecule has 3 heterocycles. The Hall–Kier alpha value is -2.33. The van der Waals surface area contributed by atoms with Gasteiger partial charge in [-0.25, -0.2) is 27.2 Å². The molecule has 0 atom stereocenters. The Balaban J connectivity index is 1.46. The first-order chi connectivity index (χ1) is 13.4. The Labute approximate surface area is 162 Å². The van der Waals surface area contributed by atoms with Gasteiger partial charge in [-0.15, -0.1) is 0 Å². The summed E-state index contributed by atoms with van der Waals surface area (Å²) in [5, 5.41) is 0. The summed E-state index contributed by atoms with van der Waals surface area (Å²) in [6, 6.07) is 4.27. The zero-order chi connectivity index (χ0) is 19.7. The first kappa shape index (κ1) is 19.0. The first-order valence-corrected chi connectivity index (χ1v) is 10.7. The second kappa shape index (κ2) is 7.59. The van der Waals surface area contributed by atoms with Crippen molar-refractivity contribution < 1.29 is 17.2 Å². The summed E-state index contributed by atoms with van der Waals surface area (Å²) >= 11 is 0. The highest BCUT2D eigenvalue weighted by molar-refractivity contribution is 7.89. The van der Waals surface area contributed by atoms with Crippen molar-refractivity contribution in [1.29, 1.82) is 0 Å². The Morgan fingerprint density at radius 3 is 1.86 bits per heavy atom. The minimum absolute atomic E-state index is 0.212. The monoisotopic (exact) mass is 409 g/mol. The van der Waals surface area contributed by atoms with E-state index < -0.39 is 21.7 Å². The normalized spacial score (nSPS) is 18.6. The molecule has 7 nitrogen and oxygen atoms in total. The van der Waals surface area contributed by atoms with Gasteiger partial charge in [0.05, 0.1) is 4.90 Å². The molecule has 0 amide bonds. The van der Waals surface area contributed by atoms with E-state index >= 15 is 0 Å². The van der Waals surface area contributed by atoms with E-state index in [1.54, 1.807) is 0 Å². The molecule has 2 aliphatic rings. The van der Waals surface area contributed by atoms with Crippen LogP contribution in [0.2, 0.25) is 0 Å². The highest BCUT2D eigenvalue weighted by Crippen LogP contribution is 2.24. The zero-order valence-electron chi connectivity index (χ0n) is 15.3. The maximum atomic E-state index is 13.4. The number of benzene rings is 1. The number of hydrogen-bond acceptors (Lipinski definition) is 6. The molecule has 1 aromatic heterocycles. The predicted molar refractivity (Wildman–Crippen MR) is 101 cm³/mol. The van der Waals surface area contributed by atoms with E-state index in [0.29, 0.717) is 19.2 Å². The average Bonchev–Trinajstić information content (AvgIpc) is 3.22. The average molecular weight is 409 g/mol. The summed E-state index contributed by atoms with van der Waals surface area (Å²) in [5.41, 5.74) is 0. The van der Waals surface area contributed by atoms with Gasteiger partial charge in [0.2, 0.25) is 10.0 Å². The Morgan fingerprint density at radius 1 is 0.750 bits per heavy atom. The summed E-state index contributed by atoms with van der Waals surface area (Å²) in [6.45, 7) is 3.26. The number of halogens is 2. The van der Waals surface area contributed by atoms with Crippen molar-refractivity contribution >= 4 is 21.7 Å². The van der Waals surface area contributed by atoms with Crippen LogP contribution >= 0.6 is 0 Å². The van der Waals surface area contributed by atoms with E-state index in [0.717, 1.165) is 49.7 Å². The van der Waals surface area contributed by atoms with E-state index in [1.165, 1.54) is 10.6 Å². The summed E-state index contributed by atoms with van der Waals surface area (Å²) in [4.78, 5) is 12.5. The van der Waals surface area contributed by atoms with Crippen LogP contribution in [-0.4, -0.2) is 62.0 Å². The van der Waals surface area contributed by atoms with E-state index in [9.17, 15) is 17.2 Å². The van der Waals surface area contributed by atoms with Crippen molar-refractivity contribution in [3.8, 4) is 0 Å². The maximum Gasteiger partial charge on any atom is 0.243 e. The molecule has 10 heteroatoms. The molecule has 0 N–H and O–H groups in total. The van der Waals surface area contributed by atoms with Crippen molar-refractivity contribution in [2.24, 2.45) is 0 Å². The molecule has 2 fully saturated rings. The second-order valence-corrected chi connectivity index (χ2v) is 8.86. The predicted octanol–water partition coefficient (Wildman–Crippen LogP) is 1.87. The molecule has 1 aromatic carbocycles. The van der Waals surface area contributed by atoms with E-state index in [2.05, 4.69) is 14.9 Å². The molecule has 0 bridgehead atoms. The molecule has 150 valence electrons. The van der Waals surface area contributed by atoms with Crippen molar-refractivity contribution in [2.45, 2.75) is 17.7 Å². The smallest absolute Gasteiger partial charge is 0.243 e. The van der Waals surface area contributed by atoms with Crippen LogP contribution < -0.4 is 9.80 Å². The largest absolute Gasteiger partial charge is 0.356 e. The second-order valence-electron chi connectivity index (χ2n) is 6.92. The molecular weight excluding hydrogens is 388 g/mol. The van der Waals surface area contributed by atoms with Gasteiger partial charge in [-0.1, -0.05) is 0 Å². The van der Waals surface area contributed by atoms with Crippen LogP contribution in [0.25, 0.3) is 0 Å². The summed E-state index contributed by atoms with van der Waals surface area (Å²) in [5.74, 6) is -0.182. The highest BCUT2D eigenvalue weighted by Gasteiger charge is 2.30. The van der Waals surface area contributed by atoms with Gasteiger partial charge >= 0.3 is 0 Å². The topological polar surface area (TPSA) is 69.6 Å². The van der Waals surface area contributed by atoms with Crippen molar-refractivity contribution in [1.82, 2.24) is 14.3 Å². The lowest BCUT2D eigenvalue weighted by atomic mass is 10.3. The minimum Gasteiger partial charge on any atom is -0.356 e. The third kappa shape index (κ3) is 3.79. The lowest BCUT2D eigenvalue weighted by Crippen LogP contribution is -2.49. The number of hydrogen-bond donors (Lipinski definition) is 0. The fourth-order valence-corrected chi connectivity index (χ4v) is 5.08. The van der Waals surface area contributed by atoms with Crippen LogP contribution in [0.5, 0.6) is 0 Å². The molecule has 2 aromatic rings. The van der Waals surface area contributed by atoms with Gasteiger partial charge in [0, 0.05) is 51.4 Å². The molecule has 28 heavy (non-hydrogen) atoms. The molecular formula is C18H21F2N5O2S. The molecule has 0 unspecified atom stereocenters. The fourth-order valence-electron chi connectivity index (χ4n) is 3.61. The van der Waals surface area contributed by atoms with Gasteiger partial charge in [-0.2, -0.15) is 4.31 Å². The maximum absolute atomic E-state index is 13.4. The molecule has 2 saturated heterocycles. The van der Waals surface area contributed by atoms with Crippen molar-refractivity contribution in [2.75, 3.05) is 49.1 Å². The molecule has 0 saturated carbocycles. The lowest BCUT2D eigenvalue weighted by molar-refractivity contribution is 0.383. The van der Waals surface area contributed by atoms with Gasteiger partial charge in [-0.05, 0) is 25.0 Å². The SMILES string of the molecule is O=S(=O)(c1cc(F)cc(F)c1)N1CCN(c2cc(N3CCCC3)ncn2)CC1. The van der Waals surface area contributed by atoms with E-state index in [1.807, 2.05) is 11.0 Å². The van der Waals surface area contributed by atoms with Crippen LogP contribution in [-0.2, 0) is 10.0 Å². The number of anilines is 2. The minimum atomic E-state index is -3.95. The Bertz CT molecular complexity index is 938. The molecule has 4 rings (SSSR count). The highest BCUT2D eigenvalue weighted by atomic mass is 32.2. The summed E-state index contributed by atoms with van der Waals surface area (Å²) in [6.07, 6.45) is 3.83. The van der Waals surface area contributed by atoms with Gasteiger partial charge < -0.3 is 9.80 Å². The van der Waals surface area contributed by atoms with Gasteiger partial charge in [0.25, 0.3) is 0 Å². The molecule has 0 radical (unpaired) electrons. The fraction of sp³-hybridized carbons (Fsp3) is 0.444. The standard InChI is InChI=1S/C18H21F2N5O2S/c19-14-9-15(20)11-16(10-14)28(26,27)25-7-5-24(6-8-25)18-12-17(21-13-22-18)23-3-1-2-4-23/h9-13H,1-8H2. The summed E-state index contributed by atoms with van der Waals surface area (Å²) in [7, 11) is -3.95. The van der Waals surface area contributed by atoms with Crippen molar-refractivity contribution in [3.63, 3.8) is 0 Å². The van der Waals surface area contributed by atoms with Gasteiger partial charge in [0.1, 0.15) is 29.6 Å². The number of nitrogens with zero attached hydrogens (tertiary/aromatic N) is 5. The Morgan fingerprint density at radius 2 is 1.29 bits per heavy atom. The number of sulfonamides is 1. The van der Waals surface area contributed by atoms with Gasteiger partial charge in [-0.3, -0.25) is 0 Å². The molecule has 2 aliphatic heterocycles. The zero-order valence-corrected chi connectivity index (χ0v) is 16.1. The van der Waals surface area contributed by atoms with Crippen LogP contribution in [0.4, 0.5) is 20.4 Å². The summed E-state index contributed by atoms with van der Waals surface area (Å²) < 4.78 is 53.5. The van der Waals surface area contributed by atoms with E-state index in [4.69, 9.17) is 0 Å². The van der Waals surface area contributed by atoms with Crippen LogP contribution in [0.1, 0.15) is 12.8 Å². The number of aromatic nitrogens is 2. The van der Waals surface area contributed by atoms with Crippen molar-refractivity contribution in [3.05, 3.63) is 42.2 Å². The van der Waals surface area contributed by atoms with Crippen LogP contribution in [0.3, 0.4) is 0 Å². The lowest BCUT2D eigenvalue weighted by Gasteiger charge is -2.34. The molecule has 0 aliphatic carbocycles. The molecule has 0 spiro atoms. The number of rotatable bonds is 4. The van der Waals surface area contributed by atoms with E-state index in [-0.39, 0.29) is 18.0 Å². The number of piperazine rings is 1. The van der Waals surface area contributed by atoms with Crippen LogP contribution in [0.15, 0.2) is 35.5 Å². The van der Waals surface area contributed by atoms with Gasteiger partial charge in [0.15, 0.2) is 0 Å². The third-order valence-electron chi connectivity index (χ3n) is 5.10. The van der Waals surface area contributed by atoms with Crippen LogP contribution in [0, 0.1) is 11.6 Å². The third-order valence-corrected chi connectivity index (χ3v) is 6.98. The first-order valence-electron chi connectivity index (χ1n) is 9.22.